The molecule has 0 unspecified atom stereocenters. The van der Waals surface area contributed by atoms with Crippen LogP contribution in [0.4, 0.5) is 5.69 Å². The van der Waals surface area contributed by atoms with Crippen LogP contribution in [0.5, 0.6) is 0 Å². The number of nitrogens with one attached hydrogen (secondary N) is 2. The molecule has 0 radical (unpaired) electrons. The lowest BCUT2D eigenvalue weighted by Gasteiger charge is -2.20. The summed E-state index contributed by atoms with van der Waals surface area (Å²) in [4.78, 5) is 24.2. The maximum Gasteiger partial charge on any atom is 0.264 e. The Hall–Kier alpha value is -2.87. The lowest BCUT2D eigenvalue weighted by molar-refractivity contribution is -0.122. The number of rotatable bonds is 7. The molecule has 150 valence electrons. The van der Waals surface area contributed by atoms with E-state index in [4.69, 9.17) is 0 Å². The second-order valence-corrected chi connectivity index (χ2v) is 8.39. The van der Waals surface area contributed by atoms with Crippen molar-refractivity contribution in [2.45, 2.75) is 31.7 Å². The second kappa shape index (κ2) is 8.88. The Morgan fingerprint density at radius 2 is 1.75 bits per heavy atom. The van der Waals surface area contributed by atoms with Crippen LogP contribution in [0.2, 0.25) is 0 Å². The van der Waals surface area contributed by atoms with E-state index >= 15 is 0 Å². The summed E-state index contributed by atoms with van der Waals surface area (Å²) in [6.07, 6.45) is 0. The van der Waals surface area contributed by atoms with Gasteiger partial charge in [0.05, 0.1) is 10.6 Å². The van der Waals surface area contributed by atoms with Crippen molar-refractivity contribution in [2.75, 3.05) is 17.9 Å². The van der Waals surface area contributed by atoms with Gasteiger partial charge >= 0.3 is 0 Å². The predicted octanol–water partition coefficient (Wildman–Crippen LogP) is 2.07. The Morgan fingerprint density at radius 3 is 2.36 bits per heavy atom. The molecule has 28 heavy (non-hydrogen) atoms. The molecule has 7 nitrogen and oxygen atoms in total. The second-order valence-electron chi connectivity index (χ2n) is 6.43. The van der Waals surface area contributed by atoms with Crippen LogP contribution in [0.1, 0.15) is 29.8 Å². The Labute approximate surface area is 165 Å². The average Bonchev–Trinajstić information content (AvgIpc) is 2.68. The summed E-state index contributed by atoms with van der Waals surface area (Å²) in [5.74, 6) is -0.826. The van der Waals surface area contributed by atoms with Crippen LogP contribution in [0.3, 0.4) is 0 Å². The van der Waals surface area contributed by atoms with Crippen molar-refractivity contribution < 1.29 is 18.0 Å². The van der Waals surface area contributed by atoms with Crippen molar-refractivity contribution in [3.05, 3.63) is 59.7 Å². The third kappa shape index (κ3) is 4.89. The highest BCUT2D eigenvalue weighted by atomic mass is 32.2. The van der Waals surface area contributed by atoms with E-state index in [-0.39, 0.29) is 16.4 Å². The van der Waals surface area contributed by atoms with E-state index in [9.17, 15) is 18.0 Å². The molecule has 0 aliphatic heterocycles. The van der Waals surface area contributed by atoms with Gasteiger partial charge in [-0.25, -0.2) is 8.42 Å². The third-order valence-electron chi connectivity index (χ3n) is 4.24. The molecule has 2 rings (SSSR count). The normalized spacial score (nSPS) is 12.1. The zero-order valence-corrected chi connectivity index (χ0v) is 17.2. The zero-order valence-electron chi connectivity index (χ0n) is 16.4. The number of carbonyl (C=O) groups excluding carboxylic acids is 2. The van der Waals surface area contributed by atoms with Gasteiger partial charge in [-0.15, -0.1) is 0 Å². The van der Waals surface area contributed by atoms with Crippen LogP contribution in [0, 0.1) is 6.92 Å². The fourth-order valence-electron chi connectivity index (χ4n) is 2.52. The van der Waals surface area contributed by atoms with Crippen molar-refractivity contribution in [1.29, 1.82) is 0 Å². The molecule has 0 bridgehead atoms. The van der Waals surface area contributed by atoms with Crippen molar-refractivity contribution in [3.63, 3.8) is 0 Å². The molecule has 2 aromatic rings. The van der Waals surface area contributed by atoms with Gasteiger partial charge < -0.3 is 10.6 Å². The summed E-state index contributed by atoms with van der Waals surface area (Å²) >= 11 is 0. The van der Waals surface area contributed by atoms with E-state index in [1.165, 1.54) is 35.6 Å². The molecule has 0 saturated carbocycles. The average molecular weight is 404 g/mol. The minimum Gasteiger partial charge on any atom is -0.355 e. The van der Waals surface area contributed by atoms with Crippen LogP contribution in [0.15, 0.2) is 53.4 Å². The topological polar surface area (TPSA) is 95.6 Å². The van der Waals surface area contributed by atoms with Gasteiger partial charge in [0.1, 0.15) is 6.04 Å². The quantitative estimate of drug-likeness (QED) is 0.740. The molecule has 0 aromatic heterocycles. The molecule has 0 aliphatic rings. The number of anilines is 1. The predicted molar refractivity (Wildman–Crippen MR) is 109 cm³/mol. The molecule has 2 aromatic carbocycles. The minimum atomic E-state index is -3.84. The Morgan fingerprint density at radius 1 is 1.11 bits per heavy atom. The lowest BCUT2D eigenvalue weighted by atomic mass is 10.2. The number of sulfonamides is 1. The highest BCUT2D eigenvalue weighted by molar-refractivity contribution is 7.92. The number of aryl methyl sites for hydroxylation is 1. The fraction of sp³-hybridized carbons (Fsp3) is 0.300. The number of amides is 2. The molecule has 2 N–H and O–H groups in total. The molecular formula is C20H25N3O4S. The highest BCUT2D eigenvalue weighted by Crippen LogP contribution is 2.23. The van der Waals surface area contributed by atoms with Gasteiger partial charge in [-0.1, -0.05) is 23.8 Å². The van der Waals surface area contributed by atoms with Gasteiger partial charge in [-0.2, -0.15) is 0 Å². The number of likely N-dealkylation sites (N-methyl/N-ethyl adjacent to an activating group) is 1. The molecule has 1 atom stereocenters. The summed E-state index contributed by atoms with van der Waals surface area (Å²) in [6, 6.07) is 12.1. The van der Waals surface area contributed by atoms with E-state index in [1.807, 2.05) is 19.1 Å². The summed E-state index contributed by atoms with van der Waals surface area (Å²) in [5, 5.41) is 5.19. The van der Waals surface area contributed by atoms with Gasteiger partial charge in [0, 0.05) is 19.2 Å². The SMILES string of the molecule is CCNC(=O)[C@H](C)NC(=O)c1cccc(S(=O)(=O)N(C)c2ccc(C)cc2)c1. The first kappa shape index (κ1) is 21.4. The Kier molecular flexibility index (Phi) is 6.80. The smallest absolute Gasteiger partial charge is 0.264 e. The van der Waals surface area contributed by atoms with E-state index in [1.54, 1.807) is 26.0 Å². The summed E-state index contributed by atoms with van der Waals surface area (Å²) < 4.78 is 27.0. The Balaban J connectivity index is 2.24. The number of carbonyl (C=O) groups is 2. The maximum atomic E-state index is 12.9. The number of hydrogen-bond donors (Lipinski definition) is 2. The van der Waals surface area contributed by atoms with E-state index < -0.39 is 22.0 Å². The number of hydrogen-bond acceptors (Lipinski definition) is 4. The molecule has 0 spiro atoms. The molecule has 0 saturated heterocycles. The van der Waals surface area contributed by atoms with Crippen LogP contribution in [-0.2, 0) is 14.8 Å². The monoisotopic (exact) mass is 403 g/mol. The van der Waals surface area contributed by atoms with E-state index in [0.29, 0.717) is 12.2 Å². The van der Waals surface area contributed by atoms with Gasteiger partial charge in [-0.05, 0) is 51.1 Å². The third-order valence-corrected chi connectivity index (χ3v) is 6.03. The first-order chi connectivity index (χ1) is 13.2. The van der Waals surface area contributed by atoms with Gasteiger partial charge in [0.2, 0.25) is 5.91 Å². The van der Waals surface area contributed by atoms with Crippen LogP contribution >= 0.6 is 0 Å². The maximum absolute atomic E-state index is 12.9. The number of benzene rings is 2. The first-order valence-corrected chi connectivity index (χ1v) is 10.3. The van der Waals surface area contributed by atoms with Gasteiger partial charge in [0.15, 0.2) is 0 Å². The molecule has 0 aliphatic carbocycles. The summed E-state index contributed by atoms with van der Waals surface area (Å²) in [7, 11) is -2.38. The minimum absolute atomic E-state index is 0.00566. The largest absolute Gasteiger partial charge is 0.355 e. The van der Waals surface area contributed by atoms with E-state index in [2.05, 4.69) is 10.6 Å². The van der Waals surface area contributed by atoms with Crippen LogP contribution in [0.25, 0.3) is 0 Å². The van der Waals surface area contributed by atoms with Crippen molar-refractivity contribution in [1.82, 2.24) is 10.6 Å². The van der Waals surface area contributed by atoms with Crippen LogP contribution < -0.4 is 14.9 Å². The van der Waals surface area contributed by atoms with Crippen molar-refractivity contribution >= 4 is 27.5 Å². The van der Waals surface area contributed by atoms with Crippen LogP contribution in [-0.4, -0.2) is 39.9 Å². The zero-order chi connectivity index (χ0) is 20.9. The molecule has 8 heteroatoms. The summed E-state index contributed by atoms with van der Waals surface area (Å²) in [5.41, 5.74) is 1.70. The summed E-state index contributed by atoms with van der Waals surface area (Å²) in [6.45, 7) is 5.72. The molecule has 0 heterocycles. The lowest BCUT2D eigenvalue weighted by Crippen LogP contribution is -2.44. The molecular weight excluding hydrogens is 378 g/mol. The fourth-order valence-corrected chi connectivity index (χ4v) is 3.76. The first-order valence-electron chi connectivity index (χ1n) is 8.91. The highest BCUT2D eigenvalue weighted by Gasteiger charge is 2.23. The van der Waals surface area contributed by atoms with Crippen molar-refractivity contribution in [2.24, 2.45) is 0 Å². The van der Waals surface area contributed by atoms with E-state index in [0.717, 1.165) is 5.56 Å². The standard InChI is InChI=1S/C20H25N3O4S/c1-5-21-19(24)15(3)22-20(25)16-7-6-8-18(13-16)28(26,27)23(4)17-11-9-14(2)10-12-17/h6-13,15H,5H2,1-4H3,(H,21,24)(H,22,25)/t15-/m0/s1. The van der Waals surface area contributed by atoms with Gasteiger partial charge in [0.25, 0.3) is 15.9 Å². The molecule has 0 fully saturated rings. The van der Waals surface area contributed by atoms with Crippen molar-refractivity contribution in [3.8, 4) is 0 Å². The number of nitrogens with zero attached hydrogens (tertiary/aromatic N) is 1. The van der Waals surface area contributed by atoms with Gasteiger partial charge in [-0.3, -0.25) is 13.9 Å². The Bertz CT molecular complexity index is 956. The molecule has 2 amide bonds.